The molecule has 3 aromatic heterocycles. The van der Waals surface area contributed by atoms with Crippen LogP contribution in [0.25, 0.3) is 10.9 Å². The number of hydrogen-bond donors (Lipinski definition) is 1. The minimum absolute atomic E-state index is 0.0671. The van der Waals surface area contributed by atoms with Gasteiger partial charge in [-0.3, -0.25) is 9.69 Å². The van der Waals surface area contributed by atoms with E-state index >= 15 is 0 Å². The Kier molecular flexibility index (Phi) is 7.02. The molecule has 0 saturated carbocycles. The molecule has 0 amide bonds. The van der Waals surface area contributed by atoms with Gasteiger partial charge in [-0.1, -0.05) is 19.9 Å². The molecule has 1 aromatic carbocycles. The molecule has 0 aliphatic carbocycles. The van der Waals surface area contributed by atoms with E-state index in [9.17, 15) is 4.79 Å². The Bertz CT molecular complexity index is 1370. The summed E-state index contributed by atoms with van der Waals surface area (Å²) in [4.78, 5) is 18.6. The van der Waals surface area contributed by atoms with E-state index in [0.717, 1.165) is 58.6 Å². The fourth-order valence-corrected chi connectivity index (χ4v) is 5.35. The molecule has 1 fully saturated rings. The lowest BCUT2D eigenvalue weighted by atomic mass is 9.99. The van der Waals surface area contributed by atoms with Gasteiger partial charge in [0.2, 0.25) is 0 Å². The van der Waals surface area contributed by atoms with Gasteiger partial charge in [-0.2, -0.15) is 0 Å². The van der Waals surface area contributed by atoms with Crippen molar-refractivity contribution < 1.29 is 9.15 Å². The first kappa shape index (κ1) is 24.4. The number of aryl methyl sites for hydroxylation is 2. The van der Waals surface area contributed by atoms with Crippen molar-refractivity contribution in [1.82, 2.24) is 30.1 Å². The first-order valence-electron chi connectivity index (χ1n) is 12.7. The van der Waals surface area contributed by atoms with Crippen LogP contribution in [0, 0.1) is 19.8 Å². The molecule has 5 rings (SSSR count). The highest BCUT2D eigenvalue weighted by atomic mass is 16.5. The zero-order valence-electron chi connectivity index (χ0n) is 21.4. The van der Waals surface area contributed by atoms with Crippen LogP contribution >= 0.6 is 0 Å². The molecule has 1 N–H and O–H groups in total. The molecule has 1 saturated heterocycles. The summed E-state index contributed by atoms with van der Waals surface area (Å²) in [6, 6.07) is 9.87. The molecule has 0 radical (unpaired) electrons. The van der Waals surface area contributed by atoms with Crippen LogP contribution in [0.3, 0.4) is 0 Å². The van der Waals surface area contributed by atoms with E-state index in [2.05, 4.69) is 52.2 Å². The van der Waals surface area contributed by atoms with Crippen molar-refractivity contribution in [3.63, 3.8) is 0 Å². The van der Waals surface area contributed by atoms with Gasteiger partial charge in [0.05, 0.1) is 18.4 Å². The summed E-state index contributed by atoms with van der Waals surface area (Å²) >= 11 is 0. The van der Waals surface area contributed by atoms with Crippen LogP contribution < -0.4 is 5.56 Å². The smallest absolute Gasteiger partial charge is 0.252 e. The van der Waals surface area contributed by atoms with Crippen molar-refractivity contribution >= 4 is 10.9 Å². The van der Waals surface area contributed by atoms with Crippen molar-refractivity contribution in [2.75, 3.05) is 13.2 Å². The molecule has 2 unspecified atom stereocenters. The number of H-pyrrole nitrogens is 1. The van der Waals surface area contributed by atoms with Gasteiger partial charge in [-0.05, 0) is 78.4 Å². The number of furan rings is 1. The van der Waals surface area contributed by atoms with E-state index in [4.69, 9.17) is 9.15 Å². The third-order valence-corrected chi connectivity index (χ3v) is 6.96. The van der Waals surface area contributed by atoms with Crippen molar-refractivity contribution in [3.05, 3.63) is 75.2 Å². The molecule has 9 nitrogen and oxygen atoms in total. The van der Waals surface area contributed by atoms with Crippen LogP contribution in [-0.2, 0) is 17.8 Å². The fraction of sp³-hybridized carbons (Fsp3) is 0.481. The van der Waals surface area contributed by atoms with E-state index in [0.29, 0.717) is 19.6 Å². The maximum Gasteiger partial charge on any atom is 0.252 e. The average molecular weight is 491 g/mol. The summed E-state index contributed by atoms with van der Waals surface area (Å²) in [6.45, 7) is 10.8. The van der Waals surface area contributed by atoms with Crippen LogP contribution in [0.4, 0.5) is 0 Å². The summed E-state index contributed by atoms with van der Waals surface area (Å²) in [5.74, 6) is 1.73. The third kappa shape index (κ3) is 5.12. The lowest BCUT2D eigenvalue weighted by Crippen LogP contribution is -2.40. The number of nitrogens with one attached hydrogen (secondary N) is 1. The summed E-state index contributed by atoms with van der Waals surface area (Å²) in [7, 11) is 0. The number of pyridine rings is 1. The monoisotopic (exact) mass is 490 g/mol. The lowest BCUT2D eigenvalue weighted by molar-refractivity contribution is 0.0384. The number of ether oxygens (including phenoxy) is 1. The molecule has 4 heterocycles. The minimum Gasteiger partial charge on any atom is -0.467 e. The first-order valence-corrected chi connectivity index (χ1v) is 12.7. The van der Waals surface area contributed by atoms with Gasteiger partial charge < -0.3 is 14.1 Å². The van der Waals surface area contributed by atoms with E-state index in [1.807, 2.05) is 31.2 Å². The molecule has 9 heteroatoms. The van der Waals surface area contributed by atoms with Crippen LogP contribution in [0.15, 0.2) is 45.8 Å². The SMILES string of the molecule is Cc1cc(C)c2cc(CN(CC3CCCO3)C(c3nnnn3Cc3ccco3)C(C)C)c(=O)[nH]c2c1. The molecule has 2 atom stereocenters. The van der Waals surface area contributed by atoms with Gasteiger partial charge >= 0.3 is 0 Å². The van der Waals surface area contributed by atoms with Gasteiger partial charge in [0.25, 0.3) is 5.56 Å². The van der Waals surface area contributed by atoms with Crippen LogP contribution in [-0.4, -0.2) is 49.3 Å². The van der Waals surface area contributed by atoms with Crippen LogP contribution in [0.5, 0.6) is 0 Å². The van der Waals surface area contributed by atoms with Gasteiger partial charge in [0, 0.05) is 36.2 Å². The van der Waals surface area contributed by atoms with E-state index in [1.165, 1.54) is 0 Å². The van der Waals surface area contributed by atoms with Crippen molar-refractivity contribution in [2.24, 2.45) is 5.92 Å². The molecular formula is C27H34N6O3. The Hall–Kier alpha value is -3.30. The number of hydrogen-bond acceptors (Lipinski definition) is 7. The maximum atomic E-state index is 13.2. The highest BCUT2D eigenvalue weighted by Crippen LogP contribution is 2.31. The predicted octanol–water partition coefficient (Wildman–Crippen LogP) is 4.15. The van der Waals surface area contributed by atoms with Gasteiger partial charge in [0.1, 0.15) is 12.3 Å². The summed E-state index contributed by atoms with van der Waals surface area (Å²) in [5, 5.41) is 13.8. The number of nitrogens with zero attached hydrogens (tertiary/aromatic N) is 5. The Morgan fingerprint density at radius 3 is 2.83 bits per heavy atom. The highest BCUT2D eigenvalue weighted by Gasteiger charge is 2.32. The Morgan fingerprint density at radius 1 is 1.25 bits per heavy atom. The zero-order chi connectivity index (χ0) is 25.2. The molecule has 4 aromatic rings. The molecule has 190 valence electrons. The molecule has 0 spiro atoms. The molecule has 36 heavy (non-hydrogen) atoms. The standard InChI is InChI=1S/C27H34N6O3/c1-17(2)25(26-29-30-31-33(26)16-22-8-6-10-36-22)32(15-21-7-5-9-35-21)14-20-13-23-19(4)11-18(3)12-24(23)28-27(20)34/h6,8,10-13,17,21,25H,5,7,9,14-16H2,1-4H3,(H,28,34). The Morgan fingerprint density at radius 2 is 2.11 bits per heavy atom. The second kappa shape index (κ2) is 10.4. The second-order valence-electron chi connectivity index (χ2n) is 10.2. The summed E-state index contributed by atoms with van der Waals surface area (Å²) in [5.41, 5.74) is 3.81. The second-order valence-corrected chi connectivity index (χ2v) is 10.2. The lowest BCUT2D eigenvalue weighted by Gasteiger charge is -2.35. The topological polar surface area (TPSA) is 102 Å². The normalized spacial score (nSPS) is 17.0. The van der Waals surface area contributed by atoms with E-state index in [1.54, 1.807) is 10.9 Å². The van der Waals surface area contributed by atoms with Gasteiger partial charge in [-0.25, -0.2) is 4.68 Å². The number of fused-ring (bicyclic) bond motifs is 1. The third-order valence-electron chi connectivity index (χ3n) is 6.96. The number of benzene rings is 1. The quantitative estimate of drug-likeness (QED) is 0.376. The van der Waals surface area contributed by atoms with Gasteiger partial charge in [-0.15, -0.1) is 5.10 Å². The van der Waals surface area contributed by atoms with Crippen molar-refractivity contribution in [2.45, 2.75) is 65.8 Å². The number of aromatic amines is 1. The molecule has 1 aliphatic heterocycles. The van der Waals surface area contributed by atoms with Crippen molar-refractivity contribution in [3.8, 4) is 0 Å². The average Bonchev–Trinajstić information content (AvgIpc) is 3.59. The largest absolute Gasteiger partial charge is 0.467 e. The zero-order valence-corrected chi connectivity index (χ0v) is 21.4. The highest BCUT2D eigenvalue weighted by molar-refractivity contribution is 5.83. The predicted molar refractivity (Wildman–Crippen MR) is 137 cm³/mol. The minimum atomic E-state index is -0.117. The fourth-order valence-electron chi connectivity index (χ4n) is 5.35. The van der Waals surface area contributed by atoms with Crippen molar-refractivity contribution in [1.29, 1.82) is 0 Å². The van der Waals surface area contributed by atoms with Crippen LogP contribution in [0.1, 0.15) is 61.0 Å². The summed E-state index contributed by atoms with van der Waals surface area (Å²) < 4.78 is 13.4. The molecular weight excluding hydrogens is 456 g/mol. The molecule has 1 aliphatic rings. The molecule has 0 bridgehead atoms. The Labute approximate surface area is 210 Å². The number of rotatable bonds is 9. The van der Waals surface area contributed by atoms with Crippen LogP contribution in [0.2, 0.25) is 0 Å². The van der Waals surface area contributed by atoms with E-state index < -0.39 is 0 Å². The maximum absolute atomic E-state index is 13.2. The first-order chi connectivity index (χ1) is 17.4. The van der Waals surface area contributed by atoms with E-state index in [-0.39, 0.29) is 23.6 Å². The summed E-state index contributed by atoms with van der Waals surface area (Å²) in [6.07, 6.45) is 3.82. The number of tetrazole rings is 1. The van der Waals surface area contributed by atoms with Gasteiger partial charge in [0.15, 0.2) is 5.82 Å². The Balaban J connectivity index is 1.53. The number of aromatic nitrogens is 5.